The van der Waals surface area contributed by atoms with Crippen molar-refractivity contribution in [3.05, 3.63) is 58.7 Å². The fraction of sp³-hybridized carbons (Fsp3) is 0.435. The van der Waals surface area contributed by atoms with Crippen LogP contribution in [-0.2, 0) is 6.42 Å². The lowest BCUT2D eigenvalue weighted by Gasteiger charge is -2.29. The summed E-state index contributed by atoms with van der Waals surface area (Å²) >= 11 is 1.26. The molecule has 1 atom stereocenters. The Morgan fingerprint density at radius 1 is 1.13 bits per heavy atom. The molecule has 2 aromatic carbocycles. The molecule has 3 rings (SSSR count). The predicted molar refractivity (Wildman–Crippen MR) is 122 cm³/mol. The first-order chi connectivity index (χ1) is 14.5. The van der Waals surface area contributed by atoms with Gasteiger partial charge in [-0.25, -0.2) is 4.31 Å². The van der Waals surface area contributed by atoms with E-state index >= 15 is 0 Å². The van der Waals surface area contributed by atoms with Gasteiger partial charge in [0, 0.05) is 39.3 Å². The molecule has 162 valence electrons. The van der Waals surface area contributed by atoms with E-state index in [0.717, 1.165) is 29.8 Å². The minimum Gasteiger partial charge on any atom is -0.493 e. The molecule has 1 N–H and O–H groups in total. The number of carbonyl (C=O) groups is 1. The van der Waals surface area contributed by atoms with Crippen LogP contribution in [0.5, 0.6) is 11.5 Å². The predicted octanol–water partition coefficient (Wildman–Crippen LogP) is 3.92. The Morgan fingerprint density at radius 2 is 1.83 bits per heavy atom. The van der Waals surface area contributed by atoms with E-state index in [1.165, 1.54) is 23.4 Å². The van der Waals surface area contributed by atoms with Crippen molar-refractivity contribution in [2.24, 2.45) is 0 Å². The quantitative estimate of drug-likeness (QED) is 0.507. The summed E-state index contributed by atoms with van der Waals surface area (Å²) in [5.74, 6) is 1.52. The highest BCUT2D eigenvalue weighted by Gasteiger charge is 2.25. The van der Waals surface area contributed by atoms with Gasteiger partial charge in [-0.05, 0) is 61.2 Å². The molecule has 1 aliphatic rings. The molecule has 0 fully saturated rings. The second-order valence-electron chi connectivity index (χ2n) is 7.41. The van der Waals surface area contributed by atoms with Gasteiger partial charge in [0.2, 0.25) is 0 Å². The van der Waals surface area contributed by atoms with E-state index < -0.39 is 0 Å². The van der Waals surface area contributed by atoms with Gasteiger partial charge in [0.05, 0.1) is 13.2 Å². The number of methoxy groups -OCH3 is 1. The lowest BCUT2D eigenvalue weighted by molar-refractivity contribution is 0.0773. The molecule has 0 bridgehead atoms. The molecule has 2 aromatic rings. The summed E-state index contributed by atoms with van der Waals surface area (Å²) in [5, 5.41) is 3.61. The van der Waals surface area contributed by atoms with Crippen molar-refractivity contribution in [2.75, 3.05) is 40.8 Å². The zero-order valence-corrected chi connectivity index (χ0v) is 19.2. The number of hydrogen-bond acceptors (Lipinski definition) is 6. The van der Waals surface area contributed by atoms with Gasteiger partial charge in [0.25, 0.3) is 5.91 Å². The zero-order valence-electron chi connectivity index (χ0n) is 18.4. The van der Waals surface area contributed by atoms with E-state index in [1.54, 1.807) is 7.11 Å². The van der Waals surface area contributed by atoms with Crippen LogP contribution in [0.15, 0.2) is 36.4 Å². The Morgan fingerprint density at radius 3 is 2.43 bits per heavy atom. The number of hydrogen-bond donors (Lipinski definition) is 1. The Labute approximate surface area is 183 Å². The summed E-state index contributed by atoms with van der Waals surface area (Å²) < 4.78 is 13.3. The third-order valence-corrected chi connectivity index (χ3v) is 5.85. The maximum absolute atomic E-state index is 12.6. The van der Waals surface area contributed by atoms with Gasteiger partial charge in [0.1, 0.15) is 12.2 Å². The van der Waals surface area contributed by atoms with Crippen LogP contribution in [0.1, 0.15) is 46.9 Å². The van der Waals surface area contributed by atoms with Crippen LogP contribution in [-0.4, -0.2) is 56.0 Å². The molecule has 30 heavy (non-hydrogen) atoms. The van der Waals surface area contributed by atoms with E-state index in [4.69, 9.17) is 8.92 Å². The number of rotatable bonds is 8. The topological polar surface area (TPSA) is 54.0 Å². The van der Waals surface area contributed by atoms with Crippen LogP contribution >= 0.6 is 12.2 Å². The first-order valence-electron chi connectivity index (χ1n) is 10.3. The van der Waals surface area contributed by atoms with Crippen LogP contribution < -0.4 is 14.2 Å². The minimum absolute atomic E-state index is 0.0453. The van der Waals surface area contributed by atoms with Crippen LogP contribution in [0.2, 0.25) is 0 Å². The molecular formula is C23H31N3O3S. The molecule has 0 radical (unpaired) electrons. The van der Waals surface area contributed by atoms with Gasteiger partial charge in [-0.1, -0.05) is 12.1 Å². The van der Waals surface area contributed by atoms with E-state index in [1.807, 2.05) is 61.4 Å². The molecule has 0 saturated heterocycles. The van der Waals surface area contributed by atoms with Crippen LogP contribution in [0.4, 0.5) is 0 Å². The number of carbonyl (C=O) groups excluding carboxylic acids is 1. The summed E-state index contributed by atoms with van der Waals surface area (Å²) in [6, 6.07) is 12.1. The molecule has 0 aromatic heterocycles. The van der Waals surface area contributed by atoms with Crippen LogP contribution in [0, 0.1) is 0 Å². The minimum atomic E-state index is 0.0453. The lowest BCUT2D eigenvalue weighted by atomic mass is 9.89. The maximum atomic E-state index is 12.6. The zero-order chi connectivity index (χ0) is 21.7. The third kappa shape index (κ3) is 4.91. The number of amides is 1. The standard InChI is InChI=1S/C23H31N3O3S/c1-6-26(7-2)23(27)17-10-8-16(9-11-17)22-19-15-21(29-30-25(3)4)20(28-5)14-18(19)12-13-24-22/h8-11,14-15,22,24H,6-7,12-13H2,1-5H3. The summed E-state index contributed by atoms with van der Waals surface area (Å²) in [6.45, 7) is 6.31. The van der Waals surface area contributed by atoms with Crippen molar-refractivity contribution in [1.29, 1.82) is 0 Å². The summed E-state index contributed by atoms with van der Waals surface area (Å²) in [4.78, 5) is 14.4. The molecule has 0 spiro atoms. The van der Waals surface area contributed by atoms with Gasteiger partial charge >= 0.3 is 0 Å². The fourth-order valence-corrected chi connectivity index (χ4v) is 4.07. The van der Waals surface area contributed by atoms with Gasteiger partial charge in [-0.2, -0.15) is 0 Å². The van der Waals surface area contributed by atoms with Crippen LogP contribution in [0.3, 0.4) is 0 Å². The van der Waals surface area contributed by atoms with Crippen molar-refractivity contribution in [1.82, 2.24) is 14.5 Å². The average molecular weight is 430 g/mol. The highest BCUT2D eigenvalue weighted by Crippen LogP contribution is 2.39. The molecule has 1 aliphatic heterocycles. The number of benzene rings is 2. The van der Waals surface area contributed by atoms with Gasteiger partial charge in [-0.3, -0.25) is 4.79 Å². The summed E-state index contributed by atoms with van der Waals surface area (Å²) in [6.07, 6.45) is 0.932. The molecule has 0 aliphatic carbocycles. The largest absolute Gasteiger partial charge is 0.493 e. The van der Waals surface area contributed by atoms with E-state index in [0.29, 0.717) is 18.8 Å². The number of nitrogens with zero attached hydrogens (tertiary/aromatic N) is 2. The molecule has 1 amide bonds. The second kappa shape index (κ2) is 10.2. The van der Waals surface area contributed by atoms with Gasteiger partial charge in [-0.15, -0.1) is 0 Å². The van der Waals surface area contributed by atoms with Crippen molar-refractivity contribution < 1.29 is 13.7 Å². The molecule has 7 heteroatoms. The Kier molecular flexibility index (Phi) is 7.64. The average Bonchev–Trinajstić information content (AvgIpc) is 2.77. The molecule has 6 nitrogen and oxygen atoms in total. The Balaban J connectivity index is 1.90. The number of fused-ring (bicyclic) bond motifs is 1. The van der Waals surface area contributed by atoms with Crippen molar-refractivity contribution in [3.63, 3.8) is 0 Å². The molecule has 1 heterocycles. The second-order valence-corrected chi connectivity index (χ2v) is 8.45. The molecule has 1 unspecified atom stereocenters. The van der Waals surface area contributed by atoms with E-state index in [2.05, 4.69) is 17.4 Å². The first-order valence-corrected chi connectivity index (χ1v) is 11.0. The van der Waals surface area contributed by atoms with Crippen LogP contribution in [0.25, 0.3) is 0 Å². The lowest BCUT2D eigenvalue weighted by Crippen LogP contribution is -2.31. The Hall–Kier alpha value is -2.22. The van der Waals surface area contributed by atoms with Gasteiger partial charge < -0.3 is 19.1 Å². The Bertz CT molecular complexity index is 867. The highest BCUT2D eigenvalue weighted by atomic mass is 32.2. The fourth-order valence-electron chi connectivity index (χ4n) is 3.71. The first kappa shape index (κ1) is 22.5. The molecule has 0 saturated carbocycles. The van der Waals surface area contributed by atoms with E-state index in [-0.39, 0.29) is 11.9 Å². The summed E-state index contributed by atoms with van der Waals surface area (Å²) in [7, 11) is 5.53. The van der Waals surface area contributed by atoms with E-state index in [9.17, 15) is 4.79 Å². The number of nitrogens with one attached hydrogen (secondary N) is 1. The third-order valence-electron chi connectivity index (χ3n) is 5.30. The molecular weight excluding hydrogens is 398 g/mol. The summed E-state index contributed by atoms with van der Waals surface area (Å²) in [5.41, 5.74) is 4.28. The number of ether oxygens (including phenoxy) is 1. The van der Waals surface area contributed by atoms with Crippen molar-refractivity contribution in [2.45, 2.75) is 26.3 Å². The van der Waals surface area contributed by atoms with Crippen molar-refractivity contribution in [3.8, 4) is 11.5 Å². The smallest absolute Gasteiger partial charge is 0.253 e. The van der Waals surface area contributed by atoms with Gasteiger partial charge in [0.15, 0.2) is 11.5 Å². The SMILES string of the molecule is CCN(CC)C(=O)c1ccc(C2NCCc3cc(OC)c(OSN(C)C)cc32)cc1. The monoisotopic (exact) mass is 429 g/mol. The normalized spacial score (nSPS) is 15.6. The highest BCUT2D eigenvalue weighted by molar-refractivity contribution is 7.92. The van der Waals surface area contributed by atoms with Crippen molar-refractivity contribution >= 4 is 18.1 Å². The maximum Gasteiger partial charge on any atom is 0.253 e.